The standard InChI is InChI=1S/C19H17NO8/c21-13-7-10-3-4-20-12(11(10)8-14(13)22)5-9-1-2-15-16(6-9)28-19(27-15,17(23)24)18(25)26/h1-2,6-8,12,20-22H,3-5H2,(H,23,24)(H,25,26). The average molecular weight is 387 g/mol. The Kier molecular flexibility index (Phi) is 4.04. The van der Waals surface area contributed by atoms with Crippen LogP contribution < -0.4 is 14.8 Å². The first kappa shape index (κ1) is 17.9. The molecule has 1 unspecified atom stereocenters. The number of hydrogen-bond donors (Lipinski definition) is 5. The molecule has 4 rings (SSSR count). The molecule has 0 radical (unpaired) electrons. The van der Waals surface area contributed by atoms with Gasteiger partial charge in [0, 0.05) is 6.04 Å². The van der Waals surface area contributed by atoms with E-state index in [4.69, 9.17) is 9.47 Å². The molecule has 2 aliphatic heterocycles. The number of phenolic OH excluding ortho intramolecular Hbond substituents is 2. The minimum Gasteiger partial charge on any atom is -0.504 e. The molecule has 146 valence electrons. The van der Waals surface area contributed by atoms with Crippen LogP contribution in [0.5, 0.6) is 23.0 Å². The van der Waals surface area contributed by atoms with Crippen molar-refractivity contribution in [1.29, 1.82) is 0 Å². The summed E-state index contributed by atoms with van der Waals surface area (Å²) in [6, 6.07) is 7.62. The highest BCUT2D eigenvalue weighted by atomic mass is 16.8. The maximum absolute atomic E-state index is 11.3. The molecule has 5 N–H and O–H groups in total. The fourth-order valence-electron chi connectivity index (χ4n) is 3.53. The Morgan fingerprint density at radius 1 is 1.04 bits per heavy atom. The van der Waals surface area contributed by atoms with Crippen LogP contribution in [0.4, 0.5) is 0 Å². The maximum Gasteiger partial charge on any atom is 0.453 e. The quantitative estimate of drug-likeness (QED) is 0.385. The van der Waals surface area contributed by atoms with Gasteiger partial charge in [-0.1, -0.05) is 6.07 Å². The van der Waals surface area contributed by atoms with E-state index in [2.05, 4.69) is 5.32 Å². The Bertz CT molecular complexity index is 972. The predicted molar refractivity (Wildman–Crippen MR) is 93.6 cm³/mol. The van der Waals surface area contributed by atoms with E-state index in [1.807, 2.05) is 0 Å². The second-order valence-electron chi connectivity index (χ2n) is 6.71. The molecule has 0 saturated carbocycles. The van der Waals surface area contributed by atoms with Gasteiger partial charge in [-0.3, -0.25) is 0 Å². The van der Waals surface area contributed by atoms with Crippen molar-refractivity contribution in [3.63, 3.8) is 0 Å². The lowest BCUT2D eigenvalue weighted by Gasteiger charge is -2.27. The third-order valence-corrected chi connectivity index (χ3v) is 4.92. The van der Waals surface area contributed by atoms with Crippen LogP contribution in [0.3, 0.4) is 0 Å². The lowest BCUT2D eigenvalue weighted by molar-refractivity contribution is -0.194. The summed E-state index contributed by atoms with van der Waals surface area (Å²) in [6.07, 6.45) is 1.18. The van der Waals surface area contributed by atoms with Crippen LogP contribution in [0.1, 0.15) is 22.7 Å². The SMILES string of the molecule is O=C(O)C1(C(=O)O)Oc2ccc(CC3NCCc4cc(O)c(O)cc43)cc2O1. The molecule has 0 amide bonds. The number of carbonyl (C=O) groups is 2. The van der Waals surface area contributed by atoms with E-state index in [1.54, 1.807) is 18.2 Å². The first-order valence-electron chi connectivity index (χ1n) is 8.56. The topological polar surface area (TPSA) is 146 Å². The molecule has 2 heterocycles. The monoisotopic (exact) mass is 387 g/mol. The molecule has 0 saturated heterocycles. The van der Waals surface area contributed by atoms with Gasteiger partial charge in [-0.2, -0.15) is 0 Å². The average Bonchev–Trinajstić information content (AvgIpc) is 3.04. The molecule has 0 aliphatic carbocycles. The van der Waals surface area contributed by atoms with E-state index in [0.29, 0.717) is 19.4 Å². The van der Waals surface area contributed by atoms with Crippen LogP contribution in [0.2, 0.25) is 0 Å². The summed E-state index contributed by atoms with van der Waals surface area (Å²) in [5, 5.41) is 41.3. The number of carboxylic acids is 2. The van der Waals surface area contributed by atoms with Gasteiger partial charge in [-0.25, -0.2) is 9.59 Å². The fraction of sp³-hybridized carbons (Fsp3) is 0.263. The van der Waals surface area contributed by atoms with Crippen LogP contribution in [0.25, 0.3) is 0 Å². The molecule has 1 atom stereocenters. The molecule has 2 aromatic rings. The Labute approximate surface area is 158 Å². The Morgan fingerprint density at radius 3 is 2.43 bits per heavy atom. The Balaban J connectivity index is 1.61. The highest BCUT2D eigenvalue weighted by Gasteiger charge is 2.57. The molecule has 0 spiro atoms. The van der Waals surface area contributed by atoms with Crippen LogP contribution in [0.15, 0.2) is 30.3 Å². The van der Waals surface area contributed by atoms with Gasteiger partial charge in [0.1, 0.15) is 0 Å². The maximum atomic E-state index is 11.3. The van der Waals surface area contributed by atoms with E-state index < -0.39 is 17.7 Å². The minimum atomic E-state index is -2.79. The molecule has 9 heteroatoms. The normalized spacial score (nSPS) is 19.1. The summed E-state index contributed by atoms with van der Waals surface area (Å²) in [4.78, 5) is 22.7. The van der Waals surface area contributed by atoms with Gasteiger partial charge in [0.25, 0.3) is 0 Å². The van der Waals surface area contributed by atoms with Gasteiger partial charge >= 0.3 is 17.7 Å². The second kappa shape index (κ2) is 6.31. The van der Waals surface area contributed by atoms with Crippen molar-refractivity contribution in [3.8, 4) is 23.0 Å². The van der Waals surface area contributed by atoms with Crippen molar-refractivity contribution < 1.29 is 39.5 Å². The second-order valence-corrected chi connectivity index (χ2v) is 6.71. The number of fused-ring (bicyclic) bond motifs is 2. The zero-order chi connectivity index (χ0) is 20.1. The van der Waals surface area contributed by atoms with Crippen molar-refractivity contribution in [2.45, 2.75) is 24.7 Å². The number of benzene rings is 2. The molecular weight excluding hydrogens is 370 g/mol. The minimum absolute atomic E-state index is 0.0342. The van der Waals surface area contributed by atoms with Crippen LogP contribution in [0, 0.1) is 0 Å². The fourth-order valence-corrected chi connectivity index (χ4v) is 3.53. The first-order chi connectivity index (χ1) is 13.3. The molecule has 2 aromatic carbocycles. The van der Waals surface area contributed by atoms with Gasteiger partial charge in [-0.15, -0.1) is 0 Å². The third kappa shape index (κ3) is 2.76. The van der Waals surface area contributed by atoms with Gasteiger partial charge < -0.3 is 35.2 Å². The largest absolute Gasteiger partial charge is 0.504 e. The predicted octanol–water partition coefficient (Wildman–Crippen LogP) is 1.16. The van der Waals surface area contributed by atoms with Gasteiger partial charge in [-0.05, 0) is 60.3 Å². The van der Waals surface area contributed by atoms with Gasteiger partial charge in [0.15, 0.2) is 23.0 Å². The Hall–Kier alpha value is -3.46. The van der Waals surface area contributed by atoms with Crippen molar-refractivity contribution >= 4 is 11.9 Å². The van der Waals surface area contributed by atoms with E-state index in [9.17, 15) is 30.0 Å². The lowest BCUT2D eigenvalue weighted by Crippen LogP contribution is -2.54. The molecule has 2 aliphatic rings. The lowest BCUT2D eigenvalue weighted by atomic mass is 9.90. The smallest absolute Gasteiger partial charge is 0.453 e. The van der Waals surface area contributed by atoms with Gasteiger partial charge in [0.05, 0.1) is 0 Å². The summed E-state index contributed by atoms with van der Waals surface area (Å²) in [7, 11) is 0. The molecule has 0 aromatic heterocycles. The highest BCUT2D eigenvalue weighted by Crippen LogP contribution is 2.41. The highest BCUT2D eigenvalue weighted by molar-refractivity contribution is 6.01. The molecule has 28 heavy (non-hydrogen) atoms. The van der Waals surface area contributed by atoms with Crippen molar-refractivity contribution in [2.24, 2.45) is 0 Å². The number of nitrogens with one attached hydrogen (secondary N) is 1. The van der Waals surface area contributed by atoms with Crippen molar-refractivity contribution in [3.05, 3.63) is 47.0 Å². The number of rotatable bonds is 4. The van der Waals surface area contributed by atoms with E-state index >= 15 is 0 Å². The Morgan fingerprint density at radius 2 is 1.71 bits per heavy atom. The van der Waals surface area contributed by atoms with Crippen LogP contribution in [-0.4, -0.2) is 44.7 Å². The van der Waals surface area contributed by atoms with Crippen LogP contribution in [-0.2, 0) is 22.4 Å². The first-order valence-corrected chi connectivity index (χ1v) is 8.56. The number of carboxylic acid groups (broad SMARTS) is 2. The third-order valence-electron chi connectivity index (χ3n) is 4.92. The van der Waals surface area contributed by atoms with Crippen molar-refractivity contribution in [1.82, 2.24) is 5.32 Å². The summed E-state index contributed by atoms with van der Waals surface area (Å²) < 4.78 is 10.2. The number of aliphatic carboxylic acids is 2. The zero-order valence-electron chi connectivity index (χ0n) is 14.5. The van der Waals surface area contributed by atoms with Crippen molar-refractivity contribution in [2.75, 3.05) is 6.54 Å². The van der Waals surface area contributed by atoms with Gasteiger partial charge in [0.2, 0.25) is 0 Å². The zero-order valence-corrected chi connectivity index (χ0v) is 14.5. The molecular formula is C19H17NO8. The molecule has 0 fully saturated rings. The summed E-state index contributed by atoms with van der Waals surface area (Å²) in [6.45, 7) is 0.688. The number of aromatic hydroxyl groups is 2. The number of hydrogen-bond acceptors (Lipinski definition) is 7. The van der Waals surface area contributed by atoms with E-state index in [0.717, 1.165) is 16.7 Å². The molecule has 0 bridgehead atoms. The van der Waals surface area contributed by atoms with E-state index in [-0.39, 0.29) is 29.0 Å². The summed E-state index contributed by atoms with van der Waals surface area (Å²) in [5.41, 5.74) is 2.53. The summed E-state index contributed by atoms with van der Waals surface area (Å²) >= 11 is 0. The number of ether oxygens (including phenoxy) is 2. The van der Waals surface area contributed by atoms with Crippen LogP contribution >= 0.6 is 0 Å². The summed E-state index contributed by atoms with van der Waals surface area (Å²) in [5.74, 6) is -6.60. The van der Waals surface area contributed by atoms with E-state index in [1.165, 1.54) is 12.1 Å². The number of phenols is 2. The molecule has 9 nitrogen and oxygen atoms in total.